The number of nitrogens with one attached hydrogen (secondary N) is 1. The maximum absolute atomic E-state index is 12.5. The molecule has 0 aliphatic heterocycles. The number of esters is 1. The van der Waals surface area contributed by atoms with Crippen molar-refractivity contribution in [2.24, 2.45) is 0 Å². The number of benzene rings is 2. The topological polar surface area (TPSA) is 43.3 Å². The minimum absolute atomic E-state index is 0.274. The van der Waals surface area contributed by atoms with Crippen LogP contribution in [0.4, 0.5) is 0 Å². The van der Waals surface area contributed by atoms with Crippen LogP contribution in [-0.2, 0) is 11.3 Å². The highest BCUT2D eigenvalue weighted by molar-refractivity contribution is 6.06. The van der Waals surface area contributed by atoms with E-state index in [0.29, 0.717) is 18.7 Å². The lowest BCUT2D eigenvalue weighted by molar-refractivity contribution is 0.0527. The summed E-state index contributed by atoms with van der Waals surface area (Å²) in [5, 5.41) is 4.08. The van der Waals surface area contributed by atoms with E-state index in [4.69, 9.17) is 4.74 Å². The number of ether oxygens (including phenoxy) is 1. The van der Waals surface area contributed by atoms with Crippen LogP contribution in [0.5, 0.6) is 0 Å². The minimum atomic E-state index is -0.274. The van der Waals surface area contributed by atoms with Gasteiger partial charge in [-0.05, 0) is 32.2 Å². The Morgan fingerprint density at radius 3 is 2.48 bits per heavy atom. The molecule has 0 fully saturated rings. The first-order valence-corrected chi connectivity index (χ1v) is 7.77. The summed E-state index contributed by atoms with van der Waals surface area (Å²) >= 11 is 0. The zero-order valence-electron chi connectivity index (χ0n) is 13.4. The Balaban J connectivity index is 2.34. The van der Waals surface area contributed by atoms with Crippen molar-refractivity contribution in [2.45, 2.75) is 13.5 Å². The van der Waals surface area contributed by atoms with E-state index < -0.39 is 0 Å². The lowest BCUT2D eigenvalue weighted by Crippen LogP contribution is -2.15. The molecule has 3 aromatic rings. The van der Waals surface area contributed by atoms with Crippen molar-refractivity contribution >= 4 is 16.9 Å². The second kappa shape index (κ2) is 6.67. The highest BCUT2D eigenvalue weighted by atomic mass is 16.5. The van der Waals surface area contributed by atoms with Crippen molar-refractivity contribution in [1.82, 2.24) is 9.88 Å². The first kappa shape index (κ1) is 15.3. The maximum Gasteiger partial charge on any atom is 0.340 e. The maximum atomic E-state index is 12.5. The zero-order chi connectivity index (χ0) is 16.2. The fraction of sp³-hybridized carbons (Fsp3) is 0.211. The van der Waals surface area contributed by atoms with Gasteiger partial charge in [0.1, 0.15) is 0 Å². The average molecular weight is 308 g/mol. The Morgan fingerprint density at radius 2 is 1.78 bits per heavy atom. The molecule has 1 aromatic heterocycles. The van der Waals surface area contributed by atoms with E-state index in [-0.39, 0.29) is 5.97 Å². The summed E-state index contributed by atoms with van der Waals surface area (Å²) in [7, 11) is 1.88. The largest absolute Gasteiger partial charge is 0.462 e. The fourth-order valence-electron chi connectivity index (χ4n) is 2.93. The molecule has 0 atom stereocenters. The van der Waals surface area contributed by atoms with Crippen molar-refractivity contribution in [3.05, 3.63) is 65.9 Å². The van der Waals surface area contributed by atoms with Crippen LogP contribution in [0.1, 0.15) is 23.0 Å². The van der Waals surface area contributed by atoms with Gasteiger partial charge in [0.25, 0.3) is 0 Å². The molecule has 23 heavy (non-hydrogen) atoms. The molecule has 4 heteroatoms. The molecule has 0 amide bonds. The summed E-state index contributed by atoms with van der Waals surface area (Å²) in [6.07, 6.45) is 0. The molecule has 0 spiro atoms. The number of para-hydroxylation sites is 2. The number of hydrogen-bond donors (Lipinski definition) is 1. The Hall–Kier alpha value is -2.59. The van der Waals surface area contributed by atoms with Gasteiger partial charge >= 0.3 is 5.97 Å². The predicted molar refractivity (Wildman–Crippen MR) is 92.0 cm³/mol. The zero-order valence-corrected chi connectivity index (χ0v) is 13.4. The summed E-state index contributed by atoms with van der Waals surface area (Å²) in [5.74, 6) is -0.274. The first-order chi connectivity index (χ1) is 11.3. The Kier molecular flexibility index (Phi) is 4.44. The van der Waals surface area contributed by atoms with Crippen LogP contribution in [0, 0.1) is 0 Å². The van der Waals surface area contributed by atoms with E-state index in [1.807, 2.05) is 68.6 Å². The number of fused-ring (bicyclic) bond motifs is 1. The van der Waals surface area contributed by atoms with Crippen molar-refractivity contribution in [3.8, 4) is 5.69 Å². The van der Waals surface area contributed by atoms with E-state index in [2.05, 4.69) is 9.88 Å². The Bertz CT molecular complexity index is 822. The van der Waals surface area contributed by atoms with Crippen LogP contribution < -0.4 is 5.32 Å². The standard InChI is InChI=1S/C19H20N2O2/c1-3-23-19(22)18-15-11-7-8-12-16(15)21(17(18)13-20-2)14-9-5-4-6-10-14/h4-12,20H,3,13H2,1-2H3. The van der Waals surface area contributed by atoms with Crippen LogP contribution in [0.15, 0.2) is 54.6 Å². The number of hydrogen-bond acceptors (Lipinski definition) is 3. The molecule has 4 nitrogen and oxygen atoms in total. The highest BCUT2D eigenvalue weighted by Gasteiger charge is 2.23. The van der Waals surface area contributed by atoms with Gasteiger partial charge in [-0.25, -0.2) is 4.79 Å². The number of nitrogens with zero attached hydrogens (tertiary/aromatic N) is 1. The molecular weight excluding hydrogens is 288 g/mol. The SMILES string of the molecule is CCOC(=O)c1c(CNC)n(-c2ccccc2)c2ccccc12. The van der Waals surface area contributed by atoms with Crippen LogP contribution in [0.3, 0.4) is 0 Å². The Morgan fingerprint density at radius 1 is 1.09 bits per heavy atom. The third-order valence-electron chi connectivity index (χ3n) is 3.81. The van der Waals surface area contributed by atoms with Gasteiger partial charge in [0, 0.05) is 17.6 Å². The van der Waals surface area contributed by atoms with Gasteiger partial charge in [-0.2, -0.15) is 0 Å². The number of rotatable bonds is 5. The van der Waals surface area contributed by atoms with Crippen molar-refractivity contribution in [2.75, 3.05) is 13.7 Å². The molecule has 118 valence electrons. The van der Waals surface area contributed by atoms with Gasteiger partial charge in [0.15, 0.2) is 0 Å². The summed E-state index contributed by atoms with van der Waals surface area (Å²) in [6, 6.07) is 18.0. The quantitative estimate of drug-likeness (QED) is 0.733. The Labute approximate surface area is 135 Å². The second-order valence-electron chi connectivity index (χ2n) is 5.26. The predicted octanol–water partition coefficient (Wildman–Crippen LogP) is 3.53. The monoisotopic (exact) mass is 308 g/mol. The molecule has 0 unspecified atom stereocenters. The lowest BCUT2D eigenvalue weighted by atomic mass is 10.1. The molecule has 1 N–H and O–H groups in total. The molecular formula is C19H20N2O2. The molecule has 0 radical (unpaired) electrons. The van der Waals surface area contributed by atoms with Crippen molar-refractivity contribution < 1.29 is 9.53 Å². The first-order valence-electron chi connectivity index (χ1n) is 7.77. The second-order valence-corrected chi connectivity index (χ2v) is 5.26. The molecule has 0 saturated heterocycles. The van der Waals surface area contributed by atoms with E-state index >= 15 is 0 Å². The molecule has 0 aliphatic carbocycles. The third-order valence-corrected chi connectivity index (χ3v) is 3.81. The number of carbonyl (C=O) groups excluding carboxylic acids is 1. The minimum Gasteiger partial charge on any atom is -0.462 e. The summed E-state index contributed by atoms with van der Waals surface area (Å²) < 4.78 is 7.42. The summed E-state index contributed by atoms with van der Waals surface area (Å²) in [4.78, 5) is 12.5. The number of carbonyl (C=O) groups is 1. The van der Waals surface area contributed by atoms with Gasteiger partial charge in [-0.3, -0.25) is 0 Å². The van der Waals surface area contributed by atoms with Gasteiger partial charge in [-0.1, -0.05) is 36.4 Å². The van der Waals surface area contributed by atoms with Gasteiger partial charge in [0.05, 0.1) is 23.4 Å². The van der Waals surface area contributed by atoms with E-state index in [0.717, 1.165) is 22.3 Å². The van der Waals surface area contributed by atoms with Gasteiger partial charge in [-0.15, -0.1) is 0 Å². The lowest BCUT2D eigenvalue weighted by Gasteiger charge is -2.12. The van der Waals surface area contributed by atoms with Crippen LogP contribution in [-0.4, -0.2) is 24.2 Å². The smallest absolute Gasteiger partial charge is 0.340 e. The van der Waals surface area contributed by atoms with Crippen molar-refractivity contribution in [3.63, 3.8) is 0 Å². The van der Waals surface area contributed by atoms with E-state index in [1.165, 1.54) is 0 Å². The highest BCUT2D eigenvalue weighted by Crippen LogP contribution is 2.30. The summed E-state index contributed by atoms with van der Waals surface area (Å²) in [5.41, 5.74) is 3.59. The molecule has 0 aliphatic rings. The van der Waals surface area contributed by atoms with E-state index in [1.54, 1.807) is 0 Å². The molecule has 0 saturated carbocycles. The van der Waals surface area contributed by atoms with Gasteiger partial charge < -0.3 is 14.6 Å². The molecule has 2 aromatic carbocycles. The molecule has 1 heterocycles. The van der Waals surface area contributed by atoms with Gasteiger partial charge in [0.2, 0.25) is 0 Å². The van der Waals surface area contributed by atoms with Crippen molar-refractivity contribution in [1.29, 1.82) is 0 Å². The van der Waals surface area contributed by atoms with Crippen LogP contribution >= 0.6 is 0 Å². The van der Waals surface area contributed by atoms with Crippen LogP contribution in [0.25, 0.3) is 16.6 Å². The molecule has 0 bridgehead atoms. The average Bonchev–Trinajstić information content (AvgIpc) is 2.90. The third kappa shape index (κ3) is 2.73. The number of aromatic nitrogens is 1. The van der Waals surface area contributed by atoms with E-state index in [9.17, 15) is 4.79 Å². The summed E-state index contributed by atoms with van der Waals surface area (Å²) in [6.45, 7) is 2.77. The fourth-order valence-corrected chi connectivity index (χ4v) is 2.93. The van der Waals surface area contributed by atoms with Crippen LogP contribution in [0.2, 0.25) is 0 Å². The normalized spacial score (nSPS) is 10.9. The molecule has 3 rings (SSSR count).